The molecule has 0 aromatic rings. The Balaban J connectivity index is 1.24. The average molecular weight is 591 g/mol. The summed E-state index contributed by atoms with van der Waals surface area (Å²) in [4.78, 5) is 25.6. The quantitative estimate of drug-likeness (QED) is 0.246. The fourth-order valence-electron chi connectivity index (χ4n) is 9.55. The van der Waals surface area contributed by atoms with Crippen molar-refractivity contribution in [3.8, 4) is 0 Å². The maximum Gasteiger partial charge on any atom is 0.407 e. The Hall–Kier alpha value is -1.58. The number of aliphatic hydroxyl groups is 2. The van der Waals surface area contributed by atoms with Crippen LogP contribution in [-0.4, -0.2) is 68.9 Å². The van der Waals surface area contributed by atoms with E-state index in [0.717, 1.165) is 25.0 Å². The largest absolute Gasteiger partial charge is 0.461 e. The summed E-state index contributed by atoms with van der Waals surface area (Å²) in [5, 5.41) is 33.9. The van der Waals surface area contributed by atoms with Crippen molar-refractivity contribution in [2.45, 2.75) is 128 Å². The van der Waals surface area contributed by atoms with Crippen LogP contribution in [0, 0.1) is 38.9 Å². The molecule has 230 valence electrons. The van der Waals surface area contributed by atoms with Crippen LogP contribution in [0.25, 0.3) is 0 Å². The first-order valence-corrected chi connectivity index (χ1v) is 16.5. The number of hydrogen-bond donors (Lipinski definition) is 4. The molecule has 0 bridgehead atoms. The summed E-state index contributed by atoms with van der Waals surface area (Å²) >= 11 is 1.42. The molecular weight excluding hydrogens is 540 g/mol. The Kier molecular flexibility index (Phi) is 7.72. The molecule has 0 aliphatic heterocycles. The Morgan fingerprint density at radius 2 is 1.90 bits per heavy atom. The molecule has 0 radical (unpaired) electrons. The first kappa shape index (κ1) is 30.9. The van der Waals surface area contributed by atoms with Gasteiger partial charge in [0.25, 0.3) is 0 Å². The SMILES string of the molecule is C=CC1(C)CC(OC(=O)CSC2CCC(NC(=O)OC(C)(C)C)CC2O)C2(C)C(C)CC34C(=N)CCC3(CC1O)C24. The van der Waals surface area contributed by atoms with E-state index in [4.69, 9.17) is 14.9 Å². The molecule has 2 spiro atoms. The molecule has 0 heterocycles. The maximum atomic E-state index is 13.4. The second-order valence-electron chi connectivity index (χ2n) is 15.2. The average Bonchev–Trinajstić information content (AvgIpc) is 3.19. The van der Waals surface area contributed by atoms with Crippen molar-refractivity contribution in [2.75, 3.05) is 5.75 Å². The number of amides is 1. The Bertz CT molecular complexity index is 1110. The van der Waals surface area contributed by atoms with Crippen LogP contribution >= 0.6 is 11.8 Å². The highest BCUT2D eigenvalue weighted by molar-refractivity contribution is 8.00. The van der Waals surface area contributed by atoms with E-state index in [2.05, 4.69) is 25.7 Å². The van der Waals surface area contributed by atoms with Crippen LogP contribution in [0.2, 0.25) is 0 Å². The van der Waals surface area contributed by atoms with E-state index in [1.165, 1.54) is 11.8 Å². The molecule has 0 aromatic carbocycles. The van der Waals surface area contributed by atoms with Crippen LogP contribution in [-0.2, 0) is 14.3 Å². The second-order valence-corrected chi connectivity index (χ2v) is 16.4. The molecular formula is C32H50N2O6S. The number of ether oxygens (including phenoxy) is 2. The van der Waals surface area contributed by atoms with Gasteiger partial charge < -0.3 is 30.4 Å². The Morgan fingerprint density at radius 1 is 1.20 bits per heavy atom. The number of carbonyl (C=O) groups is 2. The minimum atomic E-state index is -0.647. The van der Waals surface area contributed by atoms with Gasteiger partial charge in [-0.2, -0.15) is 0 Å². The third-order valence-electron chi connectivity index (χ3n) is 11.8. The van der Waals surface area contributed by atoms with Gasteiger partial charge in [0.1, 0.15) is 11.7 Å². The van der Waals surface area contributed by atoms with Crippen molar-refractivity contribution in [1.82, 2.24) is 5.32 Å². The molecule has 5 aliphatic carbocycles. The molecule has 5 aliphatic rings. The zero-order valence-electron chi connectivity index (χ0n) is 25.6. The minimum absolute atomic E-state index is 0.0784. The summed E-state index contributed by atoms with van der Waals surface area (Å²) in [7, 11) is 0. The van der Waals surface area contributed by atoms with Crippen LogP contribution < -0.4 is 5.32 Å². The number of rotatable bonds is 6. The van der Waals surface area contributed by atoms with E-state index in [-0.39, 0.29) is 51.3 Å². The molecule has 11 atom stereocenters. The predicted molar refractivity (Wildman–Crippen MR) is 160 cm³/mol. The van der Waals surface area contributed by atoms with E-state index in [1.807, 2.05) is 33.8 Å². The lowest BCUT2D eigenvalue weighted by Crippen LogP contribution is -2.50. The van der Waals surface area contributed by atoms with Gasteiger partial charge in [-0.25, -0.2) is 4.79 Å². The lowest BCUT2D eigenvalue weighted by Gasteiger charge is -2.49. The van der Waals surface area contributed by atoms with Crippen LogP contribution in [0.1, 0.15) is 92.9 Å². The standard InChI is InChI=1S/C32H50N2O6S/c1-8-29(6)16-24(30(7)18(2)14-32-22(33)11-12-31(32,26(30)32)15-23(29)36)39-25(37)17-41-21-10-9-19(13-20(21)35)34-27(38)40-28(3,4)5/h8,18-21,23-24,26,33,35-36H,1,9-17H2,2-7H3,(H,34,38). The Labute approximate surface area is 249 Å². The maximum absolute atomic E-state index is 13.4. The number of aliphatic hydroxyl groups excluding tert-OH is 2. The topological polar surface area (TPSA) is 129 Å². The summed E-state index contributed by atoms with van der Waals surface area (Å²) in [6, 6.07) is -0.165. The summed E-state index contributed by atoms with van der Waals surface area (Å²) in [6.07, 6.45) is 5.38. The van der Waals surface area contributed by atoms with Crippen LogP contribution in [0.4, 0.5) is 4.79 Å². The normalized spacial score (nSPS) is 46.9. The van der Waals surface area contributed by atoms with Crippen molar-refractivity contribution in [2.24, 2.45) is 33.5 Å². The Morgan fingerprint density at radius 3 is 2.54 bits per heavy atom. The van der Waals surface area contributed by atoms with Crippen molar-refractivity contribution in [3.63, 3.8) is 0 Å². The smallest absolute Gasteiger partial charge is 0.407 e. The summed E-state index contributed by atoms with van der Waals surface area (Å²) in [5.74, 6) is 0.384. The van der Waals surface area contributed by atoms with E-state index in [0.29, 0.717) is 38.0 Å². The number of hydrogen-bond acceptors (Lipinski definition) is 8. The summed E-state index contributed by atoms with van der Waals surface area (Å²) < 4.78 is 11.7. The lowest BCUT2D eigenvalue weighted by atomic mass is 9.59. The fraction of sp³-hybridized carbons (Fsp3) is 0.844. The van der Waals surface area contributed by atoms with E-state index >= 15 is 0 Å². The first-order valence-electron chi connectivity index (χ1n) is 15.4. The number of carbonyl (C=O) groups excluding carboxylic acids is 2. The zero-order valence-corrected chi connectivity index (χ0v) is 26.4. The van der Waals surface area contributed by atoms with Crippen molar-refractivity contribution < 1.29 is 29.3 Å². The minimum Gasteiger partial charge on any atom is -0.461 e. The van der Waals surface area contributed by atoms with Crippen LogP contribution in [0.15, 0.2) is 12.7 Å². The first-order chi connectivity index (χ1) is 19.0. The molecule has 0 aromatic heterocycles. The molecule has 41 heavy (non-hydrogen) atoms. The fourth-order valence-corrected chi connectivity index (χ4v) is 10.6. The van der Waals surface area contributed by atoms with Gasteiger partial charge in [-0.05, 0) is 89.4 Å². The zero-order chi connectivity index (χ0) is 30.2. The highest BCUT2D eigenvalue weighted by Gasteiger charge is 2.89. The van der Waals surface area contributed by atoms with Gasteiger partial charge in [0.05, 0.1) is 18.0 Å². The van der Waals surface area contributed by atoms with Crippen LogP contribution in [0.3, 0.4) is 0 Å². The number of alkyl carbamates (subject to hydrolysis) is 1. The second kappa shape index (κ2) is 10.3. The van der Waals surface area contributed by atoms with Gasteiger partial charge in [-0.3, -0.25) is 4.79 Å². The molecule has 5 saturated carbocycles. The lowest BCUT2D eigenvalue weighted by molar-refractivity contribution is -0.164. The third kappa shape index (κ3) is 4.86. The summed E-state index contributed by atoms with van der Waals surface area (Å²) in [5.41, 5.74) is -0.858. The van der Waals surface area contributed by atoms with Gasteiger partial charge in [0, 0.05) is 33.2 Å². The van der Waals surface area contributed by atoms with Crippen molar-refractivity contribution >= 4 is 29.5 Å². The van der Waals surface area contributed by atoms with Gasteiger partial charge >= 0.3 is 12.1 Å². The predicted octanol–water partition coefficient (Wildman–Crippen LogP) is 5.25. The molecule has 1 amide bonds. The molecule has 0 saturated heterocycles. The number of thioether (sulfide) groups is 1. The molecule has 5 fully saturated rings. The summed E-state index contributed by atoms with van der Waals surface area (Å²) in [6.45, 7) is 16.0. The van der Waals surface area contributed by atoms with Gasteiger partial charge in [-0.1, -0.05) is 26.8 Å². The highest BCUT2D eigenvalue weighted by Crippen LogP contribution is 2.90. The monoisotopic (exact) mass is 590 g/mol. The van der Waals surface area contributed by atoms with E-state index in [9.17, 15) is 19.8 Å². The van der Waals surface area contributed by atoms with Gasteiger partial charge in [-0.15, -0.1) is 18.3 Å². The third-order valence-corrected chi connectivity index (χ3v) is 13.2. The molecule has 8 nitrogen and oxygen atoms in total. The highest BCUT2D eigenvalue weighted by atomic mass is 32.2. The van der Waals surface area contributed by atoms with E-state index in [1.54, 1.807) is 0 Å². The van der Waals surface area contributed by atoms with Gasteiger partial charge in [0.15, 0.2) is 0 Å². The van der Waals surface area contributed by atoms with Gasteiger partial charge in [0.2, 0.25) is 0 Å². The van der Waals surface area contributed by atoms with Crippen molar-refractivity contribution in [3.05, 3.63) is 12.7 Å². The number of esters is 1. The molecule has 9 heteroatoms. The molecule has 11 unspecified atom stereocenters. The van der Waals surface area contributed by atoms with E-state index < -0.39 is 29.3 Å². The van der Waals surface area contributed by atoms with Crippen molar-refractivity contribution in [1.29, 1.82) is 5.41 Å². The number of nitrogens with one attached hydrogen (secondary N) is 2. The molecule has 5 rings (SSSR count). The molecule has 4 N–H and O–H groups in total. The van der Waals surface area contributed by atoms with Crippen LogP contribution in [0.5, 0.6) is 0 Å².